The summed E-state index contributed by atoms with van der Waals surface area (Å²) in [6.45, 7) is 8.13. The van der Waals surface area contributed by atoms with Gasteiger partial charge in [-0.3, -0.25) is 0 Å². The van der Waals surface area contributed by atoms with Gasteiger partial charge < -0.3 is 10.5 Å². The fourth-order valence-electron chi connectivity index (χ4n) is 1.90. The zero-order chi connectivity index (χ0) is 15.6. The highest BCUT2D eigenvalue weighted by Crippen LogP contribution is 2.27. The normalized spacial score (nSPS) is 10.7. The maximum Gasteiger partial charge on any atom is 0.322 e. The minimum atomic E-state index is 0.234. The largest absolute Gasteiger partial charge is 0.424 e. The van der Waals surface area contributed by atoms with Gasteiger partial charge in [0.05, 0.1) is 0 Å². The molecule has 5 heteroatoms. The first kappa shape index (κ1) is 15.4. The Kier molecular flexibility index (Phi) is 4.53. The van der Waals surface area contributed by atoms with E-state index in [1.165, 1.54) is 5.56 Å². The van der Waals surface area contributed by atoms with E-state index in [0.29, 0.717) is 11.6 Å². The van der Waals surface area contributed by atoms with Crippen LogP contribution in [-0.2, 0) is 0 Å². The van der Waals surface area contributed by atoms with Crippen LogP contribution in [0.4, 0.5) is 0 Å². The summed E-state index contributed by atoms with van der Waals surface area (Å²) in [5.41, 5.74) is 9.14. The fourth-order valence-corrected chi connectivity index (χ4v) is 2.00. The van der Waals surface area contributed by atoms with Gasteiger partial charge in [0.15, 0.2) is 0 Å². The zero-order valence-electron chi connectivity index (χ0n) is 12.7. The van der Waals surface area contributed by atoms with Gasteiger partial charge in [-0.1, -0.05) is 38.2 Å². The van der Waals surface area contributed by atoms with Crippen LogP contribution in [-0.4, -0.2) is 15.0 Å². The Morgan fingerprint density at radius 2 is 1.90 bits per heavy atom. The second-order valence-corrected chi connectivity index (χ2v) is 5.76. The second kappa shape index (κ2) is 6.18. The predicted octanol–water partition coefficient (Wildman–Crippen LogP) is 3.64. The number of aryl methyl sites for hydroxylation is 2. The van der Waals surface area contributed by atoms with E-state index in [1.54, 1.807) is 6.07 Å². The molecule has 0 unspecified atom stereocenters. The summed E-state index contributed by atoms with van der Waals surface area (Å²) in [4.78, 5) is 8.76. The highest BCUT2D eigenvalue weighted by atomic mass is 32.1. The van der Waals surface area contributed by atoms with Gasteiger partial charge in [-0.05, 0) is 43.0 Å². The van der Waals surface area contributed by atoms with Crippen molar-refractivity contribution in [3.8, 4) is 11.8 Å². The van der Waals surface area contributed by atoms with Crippen LogP contribution < -0.4 is 10.5 Å². The highest BCUT2D eigenvalue weighted by Gasteiger charge is 2.10. The molecule has 0 aliphatic rings. The van der Waals surface area contributed by atoms with Gasteiger partial charge in [0.1, 0.15) is 16.4 Å². The van der Waals surface area contributed by atoms with Gasteiger partial charge in [-0.15, -0.1) is 0 Å². The Morgan fingerprint density at radius 1 is 1.19 bits per heavy atom. The number of benzene rings is 1. The van der Waals surface area contributed by atoms with Gasteiger partial charge >= 0.3 is 6.01 Å². The van der Waals surface area contributed by atoms with Gasteiger partial charge in [0, 0.05) is 5.69 Å². The molecule has 0 spiro atoms. The molecule has 1 heterocycles. The summed E-state index contributed by atoms with van der Waals surface area (Å²) >= 11 is 4.96. The number of nitrogens with two attached hydrogens (primary N) is 1. The maximum absolute atomic E-state index is 5.83. The Hall–Kier alpha value is -2.01. The third-order valence-corrected chi connectivity index (χ3v) is 3.38. The third kappa shape index (κ3) is 3.76. The van der Waals surface area contributed by atoms with Crippen molar-refractivity contribution in [2.45, 2.75) is 33.6 Å². The number of aromatic nitrogens is 2. The number of ether oxygens (including phenoxy) is 1. The first-order valence-electron chi connectivity index (χ1n) is 6.80. The number of hydrogen-bond acceptors (Lipinski definition) is 4. The van der Waals surface area contributed by atoms with Crippen molar-refractivity contribution in [2.75, 3.05) is 0 Å². The lowest BCUT2D eigenvalue weighted by Crippen LogP contribution is -2.13. The molecule has 0 saturated heterocycles. The van der Waals surface area contributed by atoms with E-state index < -0.39 is 0 Å². The van der Waals surface area contributed by atoms with Crippen molar-refractivity contribution < 1.29 is 4.74 Å². The number of nitrogens with zero attached hydrogens (tertiary/aromatic N) is 2. The standard InChI is InChI=1S/C16H19N3OS/c1-9(2)12-6-5-10(3)14(8-12)20-16-18-11(4)7-13(19-16)15(17)21/h5-9H,1-4H3,(H2,17,21). The van der Waals surface area contributed by atoms with E-state index in [0.717, 1.165) is 17.0 Å². The maximum atomic E-state index is 5.83. The molecule has 21 heavy (non-hydrogen) atoms. The molecule has 0 bridgehead atoms. The molecule has 110 valence electrons. The molecule has 4 nitrogen and oxygen atoms in total. The molecule has 0 radical (unpaired) electrons. The summed E-state index contributed by atoms with van der Waals surface area (Å²) in [6.07, 6.45) is 0. The van der Waals surface area contributed by atoms with E-state index in [4.69, 9.17) is 22.7 Å². The van der Waals surface area contributed by atoms with Crippen LogP contribution in [0.15, 0.2) is 24.3 Å². The van der Waals surface area contributed by atoms with Crippen molar-refractivity contribution in [1.82, 2.24) is 9.97 Å². The molecule has 0 aliphatic heterocycles. The van der Waals surface area contributed by atoms with Crippen LogP contribution in [0.2, 0.25) is 0 Å². The van der Waals surface area contributed by atoms with Crippen molar-refractivity contribution >= 4 is 17.2 Å². The Labute approximate surface area is 130 Å². The van der Waals surface area contributed by atoms with E-state index in [-0.39, 0.29) is 11.0 Å². The lowest BCUT2D eigenvalue weighted by Gasteiger charge is -2.12. The number of hydrogen-bond donors (Lipinski definition) is 1. The fraction of sp³-hybridized carbons (Fsp3) is 0.312. The molecule has 0 atom stereocenters. The van der Waals surface area contributed by atoms with Crippen molar-refractivity contribution in [3.63, 3.8) is 0 Å². The van der Waals surface area contributed by atoms with Crippen molar-refractivity contribution in [3.05, 3.63) is 46.8 Å². The average molecular weight is 301 g/mol. The molecular weight excluding hydrogens is 282 g/mol. The summed E-state index contributed by atoms with van der Waals surface area (Å²) in [5.74, 6) is 1.18. The van der Waals surface area contributed by atoms with Crippen LogP contribution in [0.5, 0.6) is 11.8 Å². The van der Waals surface area contributed by atoms with Crippen molar-refractivity contribution in [1.29, 1.82) is 0 Å². The molecule has 0 fully saturated rings. The second-order valence-electron chi connectivity index (χ2n) is 5.32. The van der Waals surface area contributed by atoms with Crippen LogP contribution in [0, 0.1) is 13.8 Å². The first-order valence-corrected chi connectivity index (χ1v) is 7.21. The van der Waals surface area contributed by atoms with E-state index in [1.807, 2.05) is 26.0 Å². The summed E-state index contributed by atoms with van der Waals surface area (Å²) in [5, 5.41) is 0. The van der Waals surface area contributed by atoms with E-state index >= 15 is 0 Å². The minimum absolute atomic E-state index is 0.234. The highest BCUT2D eigenvalue weighted by molar-refractivity contribution is 7.80. The van der Waals surface area contributed by atoms with Gasteiger partial charge in [-0.2, -0.15) is 4.98 Å². The summed E-state index contributed by atoms with van der Waals surface area (Å²) in [7, 11) is 0. The summed E-state index contributed by atoms with van der Waals surface area (Å²) < 4.78 is 5.83. The lowest BCUT2D eigenvalue weighted by atomic mass is 10.0. The molecule has 1 aromatic heterocycles. The average Bonchev–Trinajstić information content (AvgIpc) is 2.40. The molecule has 2 N–H and O–H groups in total. The van der Waals surface area contributed by atoms with Crippen LogP contribution >= 0.6 is 12.2 Å². The molecule has 2 rings (SSSR count). The van der Waals surface area contributed by atoms with Gasteiger partial charge in [0.25, 0.3) is 0 Å². The first-order chi connectivity index (χ1) is 9.86. The molecular formula is C16H19N3OS. The van der Waals surface area contributed by atoms with Crippen LogP contribution in [0.3, 0.4) is 0 Å². The van der Waals surface area contributed by atoms with Crippen molar-refractivity contribution in [2.24, 2.45) is 5.73 Å². The lowest BCUT2D eigenvalue weighted by molar-refractivity contribution is 0.436. The number of rotatable bonds is 4. The quantitative estimate of drug-likeness (QED) is 0.874. The Bertz CT molecular complexity index is 683. The molecule has 0 aliphatic carbocycles. The van der Waals surface area contributed by atoms with E-state index in [9.17, 15) is 0 Å². The van der Waals surface area contributed by atoms with Gasteiger partial charge in [0.2, 0.25) is 0 Å². The van der Waals surface area contributed by atoms with E-state index in [2.05, 4.69) is 29.9 Å². The topological polar surface area (TPSA) is 61.0 Å². The Morgan fingerprint density at radius 3 is 2.52 bits per heavy atom. The smallest absolute Gasteiger partial charge is 0.322 e. The molecule has 1 aromatic carbocycles. The SMILES string of the molecule is Cc1cc(C(N)=S)nc(Oc2cc(C(C)C)ccc2C)n1. The van der Waals surface area contributed by atoms with Gasteiger partial charge in [-0.25, -0.2) is 4.98 Å². The zero-order valence-corrected chi connectivity index (χ0v) is 13.5. The third-order valence-electron chi connectivity index (χ3n) is 3.17. The van der Waals surface area contributed by atoms with Crippen LogP contribution in [0.1, 0.15) is 42.3 Å². The molecule has 0 amide bonds. The minimum Gasteiger partial charge on any atom is -0.424 e. The van der Waals surface area contributed by atoms with Crippen LogP contribution in [0.25, 0.3) is 0 Å². The molecule has 0 saturated carbocycles. The number of thiocarbonyl (C=S) groups is 1. The molecule has 2 aromatic rings. The monoisotopic (exact) mass is 301 g/mol. The predicted molar refractivity (Wildman–Crippen MR) is 88.0 cm³/mol. The summed E-state index contributed by atoms with van der Waals surface area (Å²) in [6, 6.07) is 8.17. The Balaban J connectivity index is 2.38.